The van der Waals surface area contributed by atoms with Gasteiger partial charge in [0.15, 0.2) is 5.25 Å². The number of carbonyl (C=O) groups is 1. The van der Waals surface area contributed by atoms with E-state index in [2.05, 4.69) is 6.92 Å². The Kier molecular flexibility index (Phi) is 10.7. The smallest absolute Gasteiger partial charge is 0.264 e. The molecule has 1 aliphatic heterocycles. The molecule has 1 rings (SSSR count). The summed E-state index contributed by atoms with van der Waals surface area (Å²) < 4.78 is 30.7. The van der Waals surface area contributed by atoms with Crippen LogP contribution in [0.3, 0.4) is 0 Å². The monoisotopic (exact) mass is 381 g/mol. The molecule has 134 valence electrons. The van der Waals surface area contributed by atoms with Crippen molar-refractivity contribution in [3.8, 4) is 0 Å². The van der Waals surface area contributed by atoms with E-state index in [1.54, 1.807) is 0 Å². The zero-order valence-electron chi connectivity index (χ0n) is 14.0. The summed E-state index contributed by atoms with van der Waals surface area (Å²) in [5.41, 5.74) is 0. The van der Waals surface area contributed by atoms with Crippen LogP contribution in [0.1, 0.15) is 58.3 Å². The van der Waals surface area contributed by atoms with Crippen molar-refractivity contribution >= 4 is 39.4 Å². The highest BCUT2D eigenvalue weighted by Crippen LogP contribution is 2.40. The second-order valence-electron chi connectivity index (χ2n) is 6.05. The molecular formula is C16H29O4S3+. The molecule has 1 saturated heterocycles. The SMILES string of the molecule is CCCCCCC(=O)CC(CCCS(=O)(=O)O)[C+]1CSCCS1. The van der Waals surface area contributed by atoms with Gasteiger partial charge in [0, 0.05) is 17.9 Å². The first kappa shape index (κ1) is 21.2. The Morgan fingerprint density at radius 3 is 2.61 bits per heavy atom. The van der Waals surface area contributed by atoms with E-state index in [0.29, 0.717) is 31.5 Å². The number of rotatable bonds is 12. The first-order chi connectivity index (χ1) is 10.9. The molecule has 0 aliphatic carbocycles. The molecule has 7 heteroatoms. The molecule has 0 spiro atoms. The molecule has 4 nitrogen and oxygen atoms in total. The summed E-state index contributed by atoms with van der Waals surface area (Å²) in [4.78, 5) is 12.2. The second kappa shape index (κ2) is 11.7. The van der Waals surface area contributed by atoms with Gasteiger partial charge in [0.2, 0.25) is 0 Å². The molecule has 0 saturated carbocycles. The topological polar surface area (TPSA) is 71.4 Å². The third kappa shape index (κ3) is 10.6. The molecule has 0 bridgehead atoms. The van der Waals surface area contributed by atoms with Crippen LogP contribution in [0.25, 0.3) is 0 Å². The molecule has 1 aliphatic rings. The van der Waals surface area contributed by atoms with E-state index < -0.39 is 10.1 Å². The van der Waals surface area contributed by atoms with Gasteiger partial charge >= 0.3 is 0 Å². The number of Topliss-reactive ketones (excluding diaryl/α,β-unsaturated/α-hetero) is 1. The van der Waals surface area contributed by atoms with Crippen molar-refractivity contribution in [1.29, 1.82) is 0 Å². The van der Waals surface area contributed by atoms with Crippen LogP contribution in [-0.2, 0) is 14.9 Å². The Labute approximate surface area is 149 Å². The van der Waals surface area contributed by atoms with Crippen LogP contribution in [0.4, 0.5) is 0 Å². The van der Waals surface area contributed by atoms with Crippen LogP contribution < -0.4 is 0 Å². The van der Waals surface area contributed by atoms with Gasteiger partial charge < -0.3 is 0 Å². The second-order valence-corrected chi connectivity index (χ2v) is 9.94. The predicted octanol–water partition coefficient (Wildman–Crippen LogP) is 4.21. The summed E-state index contributed by atoms with van der Waals surface area (Å²) in [6, 6.07) is 0. The van der Waals surface area contributed by atoms with Crippen LogP contribution in [0.15, 0.2) is 0 Å². The van der Waals surface area contributed by atoms with Crippen molar-refractivity contribution < 1.29 is 17.8 Å². The Hall–Kier alpha value is 0.150. The van der Waals surface area contributed by atoms with Crippen molar-refractivity contribution in [3.63, 3.8) is 0 Å². The van der Waals surface area contributed by atoms with Crippen molar-refractivity contribution in [2.24, 2.45) is 5.92 Å². The van der Waals surface area contributed by atoms with Gasteiger partial charge in [-0.3, -0.25) is 9.35 Å². The summed E-state index contributed by atoms with van der Waals surface area (Å²) >= 11 is 3.72. The number of thioether (sulfide) groups is 2. The lowest BCUT2D eigenvalue weighted by atomic mass is 9.92. The number of ketones is 1. The molecule has 0 amide bonds. The lowest BCUT2D eigenvalue weighted by Gasteiger charge is -2.18. The van der Waals surface area contributed by atoms with E-state index >= 15 is 0 Å². The van der Waals surface area contributed by atoms with Crippen LogP contribution in [0, 0.1) is 11.2 Å². The van der Waals surface area contributed by atoms with E-state index in [1.165, 1.54) is 11.7 Å². The summed E-state index contributed by atoms with van der Waals surface area (Å²) in [6.45, 7) is 2.15. The van der Waals surface area contributed by atoms with Gasteiger partial charge in [0.1, 0.15) is 17.5 Å². The third-order valence-electron chi connectivity index (χ3n) is 3.95. The van der Waals surface area contributed by atoms with E-state index in [9.17, 15) is 13.2 Å². The highest BCUT2D eigenvalue weighted by molar-refractivity contribution is 8.08. The summed E-state index contributed by atoms with van der Waals surface area (Å²) in [5, 5.41) is 1.33. The summed E-state index contributed by atoms with van der Waals surface area (Å²) in [7, 11) is -3.91. The van der Waals surface area contributed by atoms with Crippen LogP contribution in [0.5, 0.6) is 0 Å². The summed E-state index contributed by atoms with van der Waals surface area (Å²) in [5.74, 6) is 3.41. The normalized spacial score (nSPS) is 17.2. The largest absolute Gasteiger partial charge is 0.300 e. The van der Waals surface area contributed by atoms with E-state index in [1.807, 2.05) is 23.5 Å². The lowest BCUT2D eigenvalue weighted by Crippen LogP contribution is -2.21. The van der Waals surface area contributed by atoms with Crippen LogP contribution in [0.2, 0.25) is 0 Å². The fourth-order valence-electron chi connectivity index (χ4n) is 2.70. The molecule has 1 fully saturated rings. The van der Waals surface area contributed by atoms with Crippen molar-refractivity contribution in [1.82, 2.24) is 0 Å². The van der Waals surface area contributed by atoms with Crippen molar-refractivity contribution in [2.75, 3.05) is 23.0 Å². The fourth-order valence-corrected chi connectivity index (χ4v) is 5.90. The molecule has 23 heavy (non-hydrogen) atoms. The molecule has 1 heterocycles. The molecule has 0 radical (unpaired) electrons. The third-order valence-corrected chi connectivity index (χ3v) is 7.46. The molecular weight excluding hydrogens is 352 g/mol. The average Bonchev–Trinajstić information content (AvgIpc) is 2.50. The van der Waals surface area contributed by atoms with Gasteiger partial charge in [-0.1, -0.05) is 26.2 Å². The number of hydrogen-bond acceptors (Lipinski definition) is 5. The first-order valence-electron chi connectivity index (χ1n) is 8.45. The van der Waals surface area contributed by atoms with Crippen molar-refractivity contribution in [3.05, 3.63) is 5.25 Å². The maximum atomic E-state index is 12.2. The number of unbranched alkanes of at least 4 members (excludes halogenated alkanes) is 3. The highest BCUT2D eigenvalue weighted by atomic mass is 32.2. The van der Waals surface area contributed by atoms with Gasteiger partial charge in [0.25, 0.3) is 10.1 Å². The van der Waals surface area contributed by atoms with Crippen LogP contribution >= 0.6 is 23.5 Å². The van der Waals surface area contributed by atoms with E-state index in [4.69, 9.17) is 4.55 Å². The number of hydrogen-bond donors (Lipinski definition) is 1. The molecule has 1 unspecified atom stereocenters. The van der Waals surface area contributed by atoms with Gasteiger partial charge in [0.05, 0.1) is 23.9 Å². The quantitative estimate of drug-likeness (QED) is 0.310. The van der Waals surface area contributed by atoms with Crippen molar-refractivity contribution in [2.45, 2.75) is 58.3 Å². The lowest BCUT2D eigenvalue weighted by molar-refractivity contribution is -0.119. The minimum atomic E-state index is -3.91. The number of carbonyl (C=O) groups excluding carboxylic acids is 1. The predicted molar refractivity (Wildman–Crippen MR) is 101 cm³/mol. The van der Waals surface area contributed by atoms with E-state index in [0.717, 1.165) is 36.5 Å². The van der Waals surface area contributed by atoms with Gasteiger partial charge in [-0.25, -0.2) is 0 Å². The molecule has 0 aromatic carbocycles. The minimum Gasteiger partial charge on any atom is -0.300 e. The Bertz CT molecular complexity index is 431. The van der Waals surface area contributed by atoms with Gasteiger partial charge in [-0.15, -0.1) is 11.8 Å². The Morgan fingerprint density at radius 1 is 1.22 bits per heavy atom. The Balaban J connectivity index is 2.44. The molecule has 0 aromatic rings. The zero-order chi connectivity index (χ0) is 17.1. The van der Waals surface area contributed by atoms with Crippen LogP contribution in [-0.4, -0.2) is 41.8 Å². The standard InChI is InChI=1S/C16H28O4S3/c1-2-3-4-5-8-15(17)12-14(7-6-11-23(18,19)20)16-13-21-9-10-22-16/h14H,2-13H2,1H3/p+1. The zero-order valence-corrected chi connectivity index (χ0v) is 16.4. The summed E-state index contributed by atoms with van der Waals surface area (Å²) in [6.07, 6.45) is 6.66. The molecule has 0 aromatic heterocycles. The fraction of sp³-hybridized carbons (Fsp3) is 0.875. The molecule has 1 N–H and O–H groups in total. The molecule has 1 atom stereocenters. The minimum absolute atomic E-state index is 0.160. The highest BCUT2D eigenvalue weighted by Gasteiger charge is 2.37. The first-order valence-corrected chi connectivity index (χ1v) is 12.2. The maximum absolute atomic E-state index is 12.2. The Morgan fingerprint density at radius 2 is 2.00 bits per heavy atom. The van der Waals surface area contributed by atoms with Gasteiger partial charge in [-0.2, -0.15) is 8.42 Å². The van der Waals surface area contributed by atoms with Gasteiger partial charge in [-0.05, 0) is 19.3 Å². The van der Waals surface area contributed by atoms with E-state index in [-0.39, 0.29) is 11.7 Å². The maximum Gasteiger partial charge on any atom is 0.264 e. The average molecular weight is 382 g/mol.